The minimum Gasteiger partial charge on any atom is -0.483 e. The summed E-state index contributed by atoms with van der Waals surface area (Å²) in [5.74, 6) is 0.545. The average molecular weight is 278 g/mol. The Morgan fingerprint density at radius 1 is 1.50 bits per heavy atom. The van der Waals surface area contributed by atoms with Crippen LogP contribution in [0.1, 0.15) is 25.3 Å². The van der Waals surface area contributed by atoms with E-state index in [0.717, 1.165) is 18.4 Å². The summed E-state index contributed by atoms with van der Waals surface area (Å²) in [6, 6.07) is 7.43. The lowest BCUT2D eigenvalue weighted by Crippen LogP contribution is -2.49. The zero-order chi connectivity index (χ0) is 14.6. The Bertz CT molecular complexity index is 474. The molecule has 1 unspecified atom stereocenters. The van der Waals surface area contributed by atoms with Gasteiger partial charge in [0.05, 0.1) is 5.60 Å². The molecule has 1 amide bonds. The van der Waals surface area contributed by atoms with Gasteiger partial charge < -0.3 is 20.5 Å². The van der Waals surface area contributed by atoms with E-state index >= 15 is 0 Å². The zero-order valence-electron chi connectivity index (χ0n) is 11.8. The summed E-state index contributed by atoms with van der Waals surface area (Å²) < 4.78 is 5.56. The van der Waals surface area contributed by atoms with Crippen molar-refractivity contribution in [2.24, 2.45) is 5.73 Å². The Morgan fingerprint density at radius 3 is 2.95 bits per heavy atom. The number of para-hydroxylation sites is 1. The highest BCUT2D eigenvalue weighted by Crippen LogP contribution is 2.21. The first kappa shape index (κ1) is 14.8. The van der Waals surface area contributed by atoms with Crippen molar-refractivity contribution in [3.8, 4) is 5.75 Å². The van der Waals surface area contributed by atoms with Crippen LogP contribution < -0.4 is 10.5 Å². The van der Waals surface area contributed by atoms with Gasteiger partial charge in [-0.3, -0.25) is 4.79 Å². The summed E-state index contributed by atoms with van der Waals surface area (Å²) in [4.78, 5) is 13.8. The SMILES string of the molecule is CC1(O)CCCN(C(=O)COc2ccccc2CN)C1. The van der Waals surface area contributed by atoms with Crippen molar-refractivity contribution in [1.82, 2.24) is 4.90 Å². The van der Waals surface area contributed by atoms with Gasteiger partial charge in [-0.05, 0) is 25.8 Å². The molecule has 1 aromatic carbocycles. The number of nitrogens with zero attached hydrogens (tertiary/aromatic N) is 1. The predicted octanol–water partition coefficient (Wildman–Crippen LogP) is 0.898. The van der Waals surface area contributed by atoms with Crippen molar-refractivity contribution in [2.75, 3.05) is 19.7 Å². The number of nitrogens with two attached hydrogens (primary N) is 1. The lowest BCUT2D eigenvalue weighted by atomic mass is 9.95. The van der Waals surface area contributed by atoms with Crippen LogP contribution in [0.3, 0.4) is 0 Å². The van der Waals surface area contributed by atoms with E-state index in [4.69, 9.17) is 10.5 Å². The second kappa shape index (κ2) is 6.24. The van der Waals surface area contributed by atoms with Crippen LogP contribution in [0.2, 0.25) is 0 Å². The highest BCUT2D eigenvalue weighted by molar-refractivity contribution is 5.78. The first-order valence-electron chi connectivity index (χ1n) is 6.93. The molecule has 0 aromatic heterocycles. The van der Waals surface area contributed by atoms with Gasteiger partial charge >= 0.3 is 0 Å². The molecule has 2 rings (SSSR count). The molecule has 110 valence electrons. The summed E-state index contributed by atoms with van der Waals surface area (Å²) in [6.45, 7) is 3.16. The molecule has 5 nitrogen and oxygen atoms in total. The van der Waals surface area contributed by atoms with E-state index in [-0.39, 0.29) is 12.5 Å². The van der Waals surface area contributed by atoms with Gasteiger partial charge in [-0.1, -0.05) is 18.2 Å². The number of benzene rings is 1. The van der Waals surface area contributed by atoms with Gasteiger partial charge in [0.15, 0.2) is 6.61 Å². The summed E-state index contributed by atoms with van der Waals surface area (Å²) in [5, 5.41) is 10.0. The van der Waals surface area contributed by atoms with E-state index in [1.807, 2.05) is 24.3 Å². The number of aliphatic hydroxyl groups is 1. The lowest BCUT2D eigenvalue weighted by molar-refractivity contribution is -0.139. The number of carbonyl (C=O) groups excluding carboxylic acids is 1. The zero-order valence-corrected chi connectivity index (χ0v) is 11.8. The molecular formula is C15H22N2O3. The van der Waals surface area contributed by atoms with E-state index in [2.05, 4.69) is 0 Å². The summed E-state index contributed by atoms with van der Waals surface area (Å²) in [7, 11) is 0. The largest absolute Gasteiger partial charge is 0.483 e. The molecule has 1 saturated heterocycles. The third kappa shape index (κ3) is 3.71. The minimum atomic E-state index is -0.789. The van der Waals surface area contributed by atoms with Crippen molar-refractivity contribution < 1.29 is 14.6 Å². The molecule has 3 N–H and O–H groups in total. The van der Waals surface area contributed by atoms with E-state index in [9.17, 15) is 9.90 Å². The molecule has 1 atom stereocenters. The molecular weight excluding hydrogens is 256 g/mol. The number of rotatable bonds is 4. The maximum absolute atomic E-state index is 12.1. The Labute approximate surface area is 119 Å². The molecule has 0 radical (unpaired) electrons. The topological polar surface area (TPSA) is 75.8 Å². The van der Waals surface area contributed by atoms with E-state index in [0.29, 0.717) is 25.4 Å². The summed E-state index contributed by atoms with van der Waals surface area (Å²) in [6.07, 6.45) is 1.55. The minimum absolute atomic E-state index is 0.0207. The van der Waals surface area contributed by atoms with Gasteiger partial charge in [0.1, 0.15) is 5.75 Å². The molecule has 1 heterocycles. The molecule has 0 spiro atoms. The van der Waals surface area contributed by atoms with Crippen LogP contribution >= 0.6 is 0 Å². The summed E-state index contributed by atoms with van der Waals surface area (Å²) in [5.41, 5.74) is 5.72. The van der Waals surface area contributed by atoms with Crippen molar-refractivity contribution in [1.29, 1.82) is 0 Å². The van der Waals surface area contributed by atoms with Crippen LogP contribution in [0, 0.1) is 0 Å². The molecule has 0 aliphatic carbocycles. The van der Waals surface area contributed by atoms with E-state index < -0.39 is 5.60 Å². The summed E-state index contributed by atoms with van der Waals surface area (Å²) >= 11 is 0. The maximum Gasteiger partial charge on any atom is 0.260 e. The predicted molar refractivity (Wildman–Crippen MR) is 76.3 cm³/mol. The molecule has 1 aromatic rings. The fraction of sp³-hybridized carbons (Fsp3) is 0.533. The number of hydrogen-bond acceptors (Lipinski definition) is 4. The van der Waals surface area contributed by atoms with E-state index in [1.54, 1.807) is 11.8 Å². The van der Waals surface area contributed by atoms with Crippen molar-refractivity contribution in [3.63, 3.8) is 0 Å². The first-order chi connectivity index (χ1) is 9.52. The molecule has 5 heteroatoms. The van der Waals surface area contributed by atoms with Gasteiger partial charge in [0.25, 0.3) is 5.91 Å². The van der Waals surface area contributed by atoms with Crippen molar-refractivity contribution in [2.45, 2.75) is 31.9 Å². The van der Waals surface area contributed by atoms with Gasteiger partial charge in [-0.15, -0.1) is 0 Å². The van der Waals surface area contributed by atoms with Crippen LogP contribution in [0.15, 0.2) is 24.3 Å². The molecule has 0 bridgehead atoms. The van der Waals surface area contributed by atoms with Crippen LogP contribution in [0.5, 0.6) is 5.75 Å². The first-order valence-corrected chi connectivity index (χ1v) is 6.93. The highest BCUT2D eigenvalue weighted by Gasteiger charge is 2.30. The quantitative estimate of drug-likeness (QED) is 0.858. The number of β-amino-alcohol motifs (C(OH)–C–C–N with tert-alkyl or cyclic N) is 1. The van der Waals surface area contributed by atoms with Gasteiger partial charge in [-0.2, -0.15) is 0 Å². The monoisotopic (exact) mass is 278 g/mol. The third-order valence-corrected chi connectivity index (χ3v) is 3.57. The number of amides is 1. The Balaban J connectivity index is 1.92. The lowest BCUT2D eigenvalue weighted by Gasteiger charge is -2.36. The number of carbonyl (C=O) groups is 1. The molecule has 1 aliphatic heterocycles. The van der Waals surface area contributed by atoms with Gasteiger partial charge in [0, 0.05) is 25.2 Å². The van der Waals surface area contributed by atoms with Crippen LogP contribution in [-0.4, -0.2) is 41.2 Å². The van der Waals surface area contributed by atoms with Crippen LogP contribution in [-0.2, 0) is 11.3 Å². The number of piperidine rings is 1. The number of ether oxygens (including phenoxy) is 1. The molecule has 0 saturated carbocycles. The van der Waals surface area contributed by atoms with Gasteiger partial charge in [0.2, 0.25) is 0 Å². The fourth-order valence-corrected chi connectivity index (χ4v) is 2.48. The van der Waals surface area contributed by atoms with E-state index in [1.165, 1.54) is 0 Å². The third-order valence-electron chi connectivity index (χ3n) is 3.57. The van der Waals surface area contributed by atoms with Crippen LogP contribution in [0.4, 0.5) is 0 Å². The maximum atomic E-state index is 12.1. The number of hydrogen-bond donors (Lipinski definition) is 2. The highest BCUT2D eigenvalue weighted by atomic mass is 16.5. The molecule has 20 heavy (non-hydrogen) atoms. The Morgan fingerprint density at radius 2 is 2.25 bits per heavy atom. The Hall–Kier alpha value is -1.59. The second-order valence-corrected chi connectivity index (χ2v) is 5.52. The van der Waals surface area contributed by atoms with Gasteiger partial charge in [-0.25, -0.2) is 0 Å². The smallest absolute Gasteiger partial charge is 0.260 e. The standard InChI is InChI=1S/C15H22N2O3/c1-15(19)7-4-8-17(11-15)14(18)10-20-13-6-3-2-5-12(13)9-16/h2-3,5-6,19H,4,7-11,16H2,1H3. The Kier molecular flexibility index (Phi) is 4.62. The van der Waals surface area contributed by atoms with Crippen LogP contribution in [0.25, 0.3) is 0 Å². The molecule has 1 aliphatic rings. The average Bonchev–Trinajstić information content (AvgIpc) is 2.44. The van der Waals surface area contributed by atoms with Crippen molar-refractivity contribution >= 4 is 5.91 Å². The second-order valence-electron chi connectivity index (χ2n) is 5.52. The normalized spacial score (nSPS) is 22.6. The number of likely N-dealkylation sites (tertiary alicyclic amines) is 1. The molecule has 1 fully saturated rings. The fourth-order valence-electron chi connectivity index (χ4n) is 2.48. The van der Waals surface area contributed by atoms with Crippen molar-refractivity contribution in [3.05, 3.63) is 29.8 Å².